The van der Waals surface area contributed by atoms with Crippen LogP contribution in [0, 0.1) is 13.8 Å². The third-order valence-corrected chi connectivity index (χ3v) is 7.11. The Morgan fingerprint density at radius 3 is 2.23 bits per heavy atom. The van der Waals surface area contributed by atoms with E-state index in [9.17, 15) is 13.2 Å². The van der Waals surface area contributed by atoms with Crippen LogP contribution in [0.25, 0.3) is 0 Å². The summed E-state index contributed by atoms with van der Waals surface area (Å²) in [6.07, 6.45) is 0. The summed E-state index contributed by atoms with van der Waals surface area (Å²) in [6, 6.07) is 19.5. The van der Waals surface area contributed by atoms with Gasteiger partial charge < -0.3 is 5.32 Å². The van der Waals surface area contributed by atoms with E-state index in [0.717, 1.165) is 22.4 Å². The van der Waals surface area contributed by atoms with E-state index >= 15 is 0 Å². The molecule has 0 saturated heterocycles. The number of hydrogen-bond acceptors (Lipinski definition) is 3. The van der Waals surface area contributed by atoms with E-state index in [1.54, 1.807) is 42.5 Å². The van der Waals surface area contributed by atoms with Crippen molar-refractivity contribution >= 4 is 27.3 Å². The van der Waals surface area contributed by atoms with Crippen LogP contribution >= 0.6 is 0 Å². The Morgan fingerprint density at radius 2 is 1.58 bits per heavy atom. The second-order valence-corrected chi connectivity index (χ2v) is 9.95. The van der Waals surface area contributed by atoms with Gasteiger partial charge in [-0.25, -0.2) is 8.42 Å². The van der Waals surface area contributed by atoms with Crippen molar-refractivity contribution < 1.29 is 13.2 Å². The Morgan fingerprint density at radius 1 is 0.935 bits per heavy atom. The largest absolute Gasteiger partial charge is 0.322 e. The Bertz CT molecular complexity index is 1200. The Kier molecular flexibility index (Phi) is 6.51. The minimum atomic E-state index is -3.75. The van der Waals surface area contributed by atoms with Gasteiger partial charge in [-0.15, -0.1) is 0 Å². The van der Waals surface area contributed by atoms with E-state index in [0.29, 0.717) is 11.3 Å². The summed E-state index contributed by atoms with van der Waals surface area (Å²) in [7, 11) is -2.24. The highest BCUT2D eigenvalue weighted by molar-refractivity contribution is 7.92. The monoisotopic (exact) mass is 436 g/mol. The number of para-hydroxylation sites is 1. The molecule has 3 aromatic rings. The van der Waals surface area contributed by atoms with Gasteiger partial charge in [0.1, 0.15) is 0 Å². The SMILES string of the molecule is Cc1ccc(S(=O)(=O)N(C)c2cc(C(=O)Nc3ccccc3C(C)C)ccc2C)cc1. The van der Waals surface area contributed by atoms with Crippen molar-refractivity contribution in [2.24, 2.45) is 0 Å². The fourth-order valence-corrected chi connectivity index (χ4v) is 4.65. The lowest BCUT2D eigenvalue weighted by Crippen LogP contribution is -2.27. The Labute approximate surface area is 184 Å². The lowest BCUT2D eigenvalue weighted by Gasteiger charge is -2.22. The van der Waals surface area contributed by atoms with Crippen LogP contribution in [0.1, 0.15) is 46.8 Å². The average molecular weight is 437 g/mol. The molecule has 0 fully saturated rings. The second kappa shape index (κ2) is 8.94. The van der Waals surface area contributed by atoms with Crippen LogP contribution in [0.2, 0.25) is 0 Å². The number of aryl methyl sites for hydroxylation is 2. The van der Waals surface area contributed by atoms with Crippen molar-refractivity contribution in [2.75, 3.05) is 16.7 Å². The van der Waals surface area contributed by atoms with Crippen molar-refractivity contribution in [3.63, 3.8) is 0 Å². The summed E-state index contributed by atoms with van der Waals surface area (Å²) in [6.45, 7) is 7.87. The molecule has 0 aromatic heterocycles. The third kappa shape index (κ3) is 4.80. The molecule has 0 unspecified atom stereocenters. The summed E-state index contributed by atoms with van der Waals surface area (Å²) in [5.74, 6) is -0.0219. The van der Waals surface area contributed by atoms with Gasteiger partial charge in [0, 0.05) is 18.3 Å². The standard InChI is InChI=1S/C25H28N2O3S/c1-17(2)22-8-6-7-9-23(22)26-25(28)20-13-12-19(4)24(16-20)27(5)31(29,30)21-14-10-18(3)11-15-21/h6-17H,1-5H3,(H,26,28). The highest BCUT2D eigenvalue weighted by atomic mass is 32.2. The van der Waals surface area contributed by atoms with Gasteiger partial charge in [-0.05, 0) is 61.2 Å². The lowest BCUT2D eigenvalue weighted by atomic mass is 10.0. The zero-order valence-electron chi connectivity index (χ0n) is 18.5. The normalized spacial score (nSPS) is 11.4. The van der Waals surface area contributed by atoms with Gasteiger partial charge in [0.15, 0.2) is 0 Å². The Balaban J connectivity index is 1.93. The fourth-order valence-electron chi connectivity index (χ4n) is 3.40. The molecule has 0 saturated carbocycles. The maximum Gasteiger partial charge on any atom is 0.264 e. The van der Waals surface area contributed by atoms with Crippen LogP contribution < -0.4 is 9.62 Å². The molecule has 5 nitrogen and oxygen atoms in total. The first-order valence-corrected chi connectivity index (χ1v) is 11.6. The summed E-state index contributed by atoms with van der Waals surface area (Å²) in [4.78, 5) is 13.2. The van der Waals surface area contributed by atoms with Crippen LogP contribution in [-0.2, 0) is 10.0 Å². The van der Waals surface area contributed by atoms with Gasteiger partial charge in [-0.3, -0.25) is 9.10 Å². The first-order chi connectivity index (χ1) is 14.6. The Hall–Kier alpha value is -3.12. The molecule has 31 heavy (non-hydrogen) atoms. The summed E-state index contributed by atoms with van der Waals surface area (Å²) < 4.78 is 27.5. The van der Waals surface area contributed by atoms with Gasteiger partial charge in [-0.2, -0.15) is 0 Å². The van der Waals surface area contributed by atoms with Crippen LogP contribution in [0.15, 0.2) is 71.6 Å². The predicted octanol–water partition coefficient (Wildman–Crippen LogP) is 5.50. The third-order valence-electron chi connectivity index (χ3n) is 5.32. The molecule has 0 aliphatic carbocycles. The maximum atomic E-state index is 13.1. The molecule has 0 aliphatic heterocycles. The van der Waals surface area contributed by atoms with Crippen LogP contribution in [0.3, 0.4) is 0 Å². The fraction of sp³-hybridized carbons (Fsp3) is 0.240. The number of anilines is 2. The molecule has 0 spiro atoms. The van der Waals surface area contributed by atoms with Crippen LogP contribution in [0.4, 0.5) is 11.4 Å². The zero-order chi connectivity index (χ0) is 22.8. The second-order valence-electron chi connectivity index (χ2n) is 7.98. The highest BCUT2D eigenvalue weighted by Gasteiger charge is 2.23. The van der Waals surface area contributed by atoms with Crippen LogP contribution in [0.5, 0.6) is 0 Å². The first-order valence-electron chi connectivity index (χ1n) is 10.2. The van der Waals surface area contributed by atoms with Crippen molar-refractivity contribution in [3.05, 3.63) is 89.0 Å². The quantitative estimate of drug-likeness (QED) is 0.554. The molecule has 1 amide bonds. The van der Waals surface area contributed by atoms with Gasteiger partial charge in [0.2, 0.25) is 0 Å². The number of hydrogen-bond donors (Lipinski definition) is 1. The predicted molar refractivity (Wildman–Crippen MR) is 126 cm³/mol. The summed E-state index contributed by atoms with van der Waals surface area (Å²) in [5, 5.41) is 2.96. The molecule has 3 rings (SSSR count). The molecule has 1 N–H and O–H groups in total. The number of carbonyl (C=O) groups is 1. The lowest BCUT2D eigenvalue weighted by molar-refractivity contribution is 0.102. The number of sulfonamides is 1. The van der Waals surface area contributed by atoms with Gasteiger partial charge >= 0.3 is 0 Å². The minimum absolute atomic E-state index is 0.209. The number of nitrogens with zero attached hydrogens (tertiary/aromatic N) is 1. The topological polar surface area (TPSA) is 66.5 Å². The first kappa shape index (κ1) is 22.6. The van der Waals surface area contributed by atoms with E-state index < -0.39 is 10.0 Å². The van der Waals surface area contributed by atoms with E-state index in [2.05, 4.69) is 19.2 Å². The highest BCUT2D eigenvalue weighted by Crippen LogP contribution is 2.28. The van der Waals surface area contributed by atoms with Crippen molar-refractivity contribution in [3.8, 4) is 0 Å². The molecule has 0 heterocycles. The smallest absolute Gasteiger partial charge is 0.264 e. The number of amides is 1. The van der Waals surface area contributed by atoms with Gasteiger partial charge in [0.25, 0.3) is 15.9 Å². The molecule has 0 atom stereocenters. The van der Waals surface area contributed by atoms with Gasteiger partial charge in [-0.1, -0.05) is 55.8 Å². The number of carbonyl (C=O) groups excluding carboxylic acids is 1. The molecular weight excluding hydrogens is 408 g/mol. The van der Waals surface area contributed by atoms with E-state index in [-0.39, 0.29) is 16.7 Å². The number of benzene rings is 3. The molecule has 0 radical (unpaired) electrons. The number of nitrogens with one attached hydrogen (secondary N) is 1. The minimum Gasteiger partial charge on any atom is -0.322 e. The molecule has 162 valence electrons. The van der Waals surface area contributed by atoms with Crippen molar-refractivity contribution in [1.29, 1.82) is 0 Å². The van der Waals surface area contributed by atoms with Crippen molar-refractivity contribution in [2.45, 2.75) is 38.5 Å². The van der Waals surface area contributed by atoms with E-state index in [1.165, 1.54) is 11.4 Å². The molecular formula is C25H28N2O3S. The molecule has 3 aromatic carbocycles. The number of rotatable bonds is 6. The van der Waals surface area contributed by atoms with E-state index in [1.807, 2.05) is 38.1 Å². The summed E-state index contributed by atoms with van der Waals surface area (Å²) >= 11 is 0. The molecule has 0 bridgehead atoms. The van der Waals surface area contributed by atoms with Crippen molar-refractivity contribution in [1.82, 2.24) is 0 Å². The zero-order valence-corrected chi connectivity index (χ0v) is 19.3. The summed E-state index contributed by atoms with van der Waals surface area (Å²) in [5.41, 5.74) is 4.40. The van der Waals surface area contributed by atoms with E-state index in [4.69, 9.17) is 0 Å². The molecule has 0 aliphatic rings. The van der Waals surface area contributed by atoms with Crippen LogP contribution in [-0.4, -0.2) is 21.4 Å². The van der Waals surface area contributed by atoms with Gasteiger partial charge in [0.05, 0.1) is 10.6 Å². The molecule has 6 heteroatoms. The maximum absolute atomic E-state index is 13.1. The average Bonchev–Trinajstić information content (AvgIpc) is 2.74.